The zero-order chi connectivity index (χ0) is 13.7. The van der Waals surface area contributed by atoms with Crippen LogP contribution in [-0.4, -0.2) is 18.2 Å². The van der Waals surface area contributed by atoms with E-state index in [4.69, 9.17) is 0 Å². The molecule has 1 aliphatic rings. The number of benzene rings is 1. The van der Waals surface area contributed by atoms with Gasteiger partial charge in [-0.05, 0) is 30.9 Å². The van der Waals surface area contributed by atoms with E-state index in [2.05, 4.69) is 12.2 Å². The summed E-state index contributed by atoms with van der Waals surface area (Å²) in [5.41, 5.74) is 0.381. The van der Waals surface area contributed by atoms with Crippen LogP contribution in [0.25, 0.3) is 0 Å². The average Bonchev–Trinajstić information content (AvgIpc) is 2.41. The molecule has 0 aliphatic heterocycles. The van der Waals surface area contributed by atoms with Gasteiger partial charge in [-0.15, -0.1) is 0 Å². The topological polar surface area (TPSA) is 32.3 Å². The average molecular weight is 265 g/mol. The van der Waals surface area contributed by atoms with Gasteiger partial charge in [-0.1, -0.05) is 44.4 Å². The summed E-state index contributed by atoms with van der Waals surface area (Å²) in [5.74, 6) is 1.12. The van der Waals surface area contributed by atoms with Gasteiger partial charge in [-0.3, -0.25) is 0 Å². The molecule has 0 saturated heterocycles. The number of hydrogen-bond acceptors (Lipinski definition) is 2. The predicted octanol–water partition coefficient (Wildman–Crippen LogP) is 3.28. The Morgan fingerprint density at radius 3 is 2.79 bits per heavy atom. The van der Waals surface area contributed by atoms with Crippen LogP contribution in [0.4, 0.5) is 4.39 Å². The number of aliphatic hydroxyl groups is 1. The van der Waals surface area contributed by atoms with Gasteiger partial charge in [0.05, 0.1) is 6.10 Å². The molecule has 0 aromatic heterocycles. The zero-order valence-electron chi connectivity index (χ0n) is 11.6. The molecule has 2 rings (SSSR count). The van der Waals surface area contributed by atoms with Crippen molar-refractivity contribution in [3.05, 3.63) is 35.6 Å². The summed E-state index contributed by atoms with van der Waals surface area (Å²) in [7, 11) is 0. The molecule has 106 valence electrons. The van der Waals surface area contributed by atoms with Crippen LogP contribution in [0.1, 0.15) is 44.3 Å². The van der Waals surface area contributed by atoms with Gasteiger partial charge >= 0.3 is 0 Å². The number of aliphatic hydroxyl groups excluding tert-OH is 1. The van der Waals surface area contributed by atoms with Crippen LogP contribution >= 0.6 is 0 Å². The highest BCUT2D eigenvalue weighted by Crippen LogP contribution is 2.29. The third-order valence-corrected chi connectivity index (χ3v) is 4.30. The van der Waals surface area contributed by atoms with E-state index in [1.54, 1.807) is 18.2 Å². The van der Waals surface area contributed by atoms with Gasteiger partial charge in [0.15, 0.2) is 0 Å². The van der Waals surface area contributed by atoms with E-state index >= 15 is 0 Å². The van der Waals surface area contributed by atoms with E-state index in [1.807, 2.05) is 0 Å². The first-order valence-electron chi connectivity index (χ1n) is 7.31. The summed E-state index contributed by atoms with van der Waals surface area (Å²) in [6.45, 7) is 3.65. The molecule has 19 heavy (non-hydrogen) atoms. The van der Waals surface area contributed by atoms with Gasteiger partial charge in [0.25, 0.3) is 0 Å². The Hall–Kier alpha value is -0.930. The Labute approximate surface area is 115 Å². The summed E-state index contributed by atoms with van der Waals surface area (Å²) in [4.78, 5) is 0. The van der Waals surface area contributed by atoms with Crippen molar-refractivity contribution in [2.45, 2.75) is 38.7 Å². The van der Waals surface area contributed by atoms with Crippen LogP contribution < -0.4 is 5.32 Å². The first-order valence-corrected chi connectivity index (χ1v) is 7.31. The van der Waals surface area contributed by atoms with Crippen molar-refractivity contribution in [2.75, 3.05) is 13.1 Å². The van der Waals surface area contributed by atoms with Gasteiger partial charge in [0.2, 0.25) is 0 Å². The van der Waals surface area contributed by atoms with Crippen molar-refractivity contribution in [1.29, 1.82) is 0 Å². The van der Waals surface area contributed by atoms with Crippen LogP contribution in [-0.2, 0) is 0 Å². The number of hydrogen-bond donors (Lipinski definition) is 2. The highest BCUT2D eigenvalue weighted by Gasteiger charge is 2.21. The van der Waals surface area contributed by atoms with Gasteiger partial charge in [0.1, 0.15) is 5.82 Å². The Morgan fingerprint density at radius 1 is 1.32 bits per heavy atom. The Kier molecular flexibility index (Phi) is 5.34. The Bertz CT molecular complexity index is 396. The lowest BCUT2D eigenvalue weighted by atomic mass is 9.80. The second-order valence-corrected chi connectivity index (χ2v) is 5.72. The summed E-state index contributed by atoms with van der Waals surface area (Å²) in [5, 5.41) is 13.3. The van der Waals surface area contributed by atoms with Crippen LogP contribution in [0.3, 0.4) is 0 Å². The molecule has 1 aliphatic carbocycles. The first kappa shape index (κ1) is 14.5. The van der Waals surface area contributed by atoms with E-state index in [-0.39, 0.29) is 5.82 Å². The van der Waals surface area contributed by atoms with Crippen LogP contribution in [0.5, 0.6) is 0 Å². The lowest BCUT2D eigenvalue weighted by molar-refractivity contribution is 0.161. The van der Waals surface area contributed by atoms with Crippen LogP contribution in [0, 0.1) is 17.7 Å². The molecule has 3 atom stereocenters. The van der Waals surface area contributed by atoms with Crippen molar-refractivity contribution in [1.82, 2.24) is 5.32 Å². The normalized spacial score (nSPS) is 25.2. The van der Waals surface area contributed by atoms with Gasteiger partial charge in [-0.25, -0.2) is 4.39 Å². The van der Waals surface area contributed by atoms with Gasteiger partial charge < -0.3 is 10.4 Å². The monoisotopic (exact) mass is 265 g/mol. The summed E-state index contributed by atoms with van der Waals surface area (Å²) in [6.07, 6.45) is 4.47. The SMILES string of the molecule is CC1CCCCC1CNCC(O)c1ccccc1F. The summed E-state index contributed by atoms with van der Waals surface area (Å²) in [6, 6.07) is 6.43. The fraction of sp³-hybridized carbons (Fsp3) is 0.625. The quantitative estimate of drug-likeness (QED) is 0.856. The van der Waals surface area contributed by atoms with E-state index < -0.39 is 6.10 Å². The molecule has 0 radical (unpaired) electrons. The predicted molar refractivity (Wildman–Crippen MR) is 75.4 cm³/mol. The molecule has 1 aromatic rings. The molecule has 2 nitrogen and oxygen atoms in total. The second kappa shape index (κ2) is 7.01. The van der Waals surface area contributed by atoms with Crippen molar-refractivity contribution in [3.8, 4) is 0 Å². The van der Waals surface area contributed by atoms with Crippen molar-refractivity contribution < 1.29 is 9.50 Å². The van der Waals surface area contributed by atoms with Crippen molar-refractivity contribution >= 4 is 0 Å². The van der Waals surface area contributed by atoms with E-state index in [9.17, 15) is 9.50 Å². The smallest absolute Gasteiger partial charge is 0.129 e. The van der Waals surface area contributed by atoms with Crippen LogP contribution in [0.2, 0.25) is 0 Å². The van der Waals surface area contributed by atoms with E-state index in [0.717, 1.165) is 12.5 Å². The van der Waals surface area contributed by atoms with Gasteiger partial charge in [0, 0.05) is 12.1 Å². The first-order chi connectivity index (χ1) is 9.18. The molecule has 1 fully saturated rings. The number of halogens is 1. The molecule has 2 N–H and O–H groups in total. The third-order valence-electron chi connectivity index (χ3n) is 4.30. The fourth-order valence-corrected chi connectivity index (χ4v) is 2.96. The van der Waals surface area contributed by atoms with Crippen molar-refractivity contribution in [2.24, 2.45) is 11.8 Å². The summed E-state index contributed by atoms with van der Waals surface area (Å²) >= 11 is 0. The molecule has 0 heterocycles. The van der Waals surface area contributed by atoms with Crippen molar-refractivity contribution in [3.63, 3.8) is 0 Å². The standard InChI is InChI=1S/C16H24FNO/c1-12-6-2-3-7-13(12)10-18-11-16(19)14-8-4-5-9-15(14)17/h4-5,8-9,12-13,16,18-19H,2-3,6-7,10-11H2,1H3. The third kappa shape index (κ3) is 4.02. The maximum Gasteiger partial charge on any atom is 0.129 e. The largest absolute Gasteiger partial charge is 0.387 e. The van der Waals surface area contributed by atoms with E-state index in [1.165, 1.54) is 31.7 Å². The molecule has 1 saturated carbocycles. The zero-order valence-corrected chi connectivity index (χ0v) is 11.6. The second-order valence-electron chi connectivity index (χ2n) is 5.72. The van der Waals surface area contributed by atoms with Crippen LogP contribution in [0.15, 0.2) is 24.3 Å². The maximum atomic E-state index is 13.5. The maximum absolute atomic E-state index is 13.5. The molecule has 0 amide bonds. The molecule has 3 heteroatoms. The minimum atomic E-state index is -0.764. The number of nitrogens with one attached hydrogen (secondary N) is 1. The minimum absolute atomic E-state index is 0.331. The molecule has 0 spiro atoms. The lowest BCUT2D eigenvalue weighted by Gasteiger charge is -2.29. The lowest BCUT2D eigenvalue weighted by Crippen LogP contribution is -2.32. The number of rotatable bonds is 5. The molecular formula is C16H24FNO. The van der Waals surface area contributed by atoms with Gasteiger partial charge in [-0.2, -0.15) is 0 Å². The summed E-state index contributed by atoms with van der Waals surface area (Å²) < 4.78 is 13.5. The fourth-order valence-electron chi connectivity index (χ4n) is 2.96. The van der Waals surface area contributed by atoms with E-state index in [0.29, 0.717) is 18.0 Å². The molecule has 1 aromatic carbocycles. The Balaban J connectivity index is 1.77. The molecule has 3 unspecified atom stereocenters. The highest BCUT2D eigenvalue weighted by molar-refractivity contribution is 5.19. The highest BCUT2D eigenvalue weighted by atomic mass is 19.1. The molecule has 0 bridgehead atoms. The minimum Gasteiger partial charge on any atom is -0.387 e. The molecular weight excluding hydrogens is 241 g/mol. The Morgan fingerprint density at radius 2 is 2.05 bits per heavy atom.